The Kier molecular flexibility index (Phi) is 12.9. The maximum Gasteiger partial charge on any atom is 0.0635 e. The van der Waals surface area contributed by atoms with E-state index in [-0.39, 0.29) is 43.3 Å². The Labute approximate surface area is 526 Å². The molecule has 0 N–H and O–H groups in total. The number of benzene rings is 9. The highest BCUT2D eigenvalue weighted by atomic mass is 14.9. The predicted octanol–water partition coefficient (Wildman–Crippen LogP) is 25.0. The lowest BCUT2D eigenvalue weighted by molar-refractivity contribution is 0.568. The zero-order valence-corrected chi connectivity index (χ0v) is 57.8. The molecule has 450 valence electrons. The predicted molar refractivity (Wildman–Crippen MR) is 387 cm³/mol. The first-order valence-corrected chi connectivity index (χ1v) is 32.7. The molecule has 0 bridgehead atoms. The van der Waals surface area contributed by atoms with E-state index in [1.807, 2.05) is 0 Å². The van der Waals surface area contributed by atoms with Crippen LogP contribution in [0.4, 0.5) is 0 Å². The van der Waals surface area contributed by atoms with E-state index in [1.54, 1.807) is 0 Å². The highest BCUT2D eigenvalue weighted by Crippen LogP contribution is 2.57. The number of nitrogens with zero attached hydrogens (tertiary/aromatic N) is 2. The first-order valence-electron chi connectivity index (χ1n) is 32.7. The molecule has 9 aromatic carbocycles. The molecule has 4 aromatic heterocycles. The summed E-state index contributed by atoms with van der Waals surface area (Å²) in [6.07, 6.45) is 0. The molecule has 0 spiro atoms. The number of rotatable bonds is 4. The van der Waals surface area contributed by atoms with E-state index in [2.05, 4.69) is 321 Å². The van der Waals surface area contributed by atoms with Gasteiger partial charge in [-0.15, -0.1) is 0 Å². The van der Waals surface area contributed by atoms with Crippen molar-refractivity contribution in [3.05, 3.63) is 190 Å². The lowest BCUT2D eigenvalue weighted by Gasteiger charge is -2.26. The molecule has 0 atom stereocenters. The van der Waals surface area contributed by atoms with Crippen LogP contribution in [-0.4, -0.2) is 8.80 Å². The van der Waals surface area contributed by atoms with Crippen LogP contribution in [0.3, 0.4) is 0 Å². The van der Waals surface area contributed by atoms with E-state index in [4.69, 9.17) is 0 Å². The lowest BCUT2D eigenvalue weighted by atomic mass is 9.78. The molecule has 2 heteroatoms. The van der Waals surface area contributed by atoms with Gasteiger partial charge in [0.15, 0.2) is 0 Å². The molecule has 4 heterocycles. The summed E-state index contributed by atoms with van der Waals surface area (Å²) in [7, 11) is 0. The zero-order valence-electron chi connectivity index (χ0n) is 57.8. The molecule has 0 aliphatic heterocycles. The molecule has 0 aliphatic carbocycles. The van der Waals surface area contributed by atoms with Crippen molar-refractivity contribution in [3.63, 3.8) is 0 Å². The fourth-order valence-corrected chi connectivity index (χ4v) is 14.3. The van der Waals surface area contributed by atoms with Gasteiger partial charge in [0.05, 0.1) is 33.1 Å². The van der Waals surface area contributed by atoms with E-state index in [0.717, 1.165) is 0 Å². The summed E-state index contributed by atoms with van der Waals surface area (Å²) in [5, 5.41) is 10.6. The largest absolute Gasteiger partial charge is 0.308 e. The van der Waals surface area contributed by atoms with Crippen LogP contribution in [0, 0.1) is 0 Å². The summed E-state index contributed by atoms with van der Waals surface area (Å²) in [6, 6.07) is 59.0. The second-order valence-corrected chi connectivity index (χ2v) is 34.9. The molecule has 0 aliphatic rings. The van der Waals surface area contributed by atoms with Gasteiger partial charge in [-0.1, -0.05) is 281 Å². The smallest absolute Gasteiger partial charge is 0.0635 e. The summed E-state index contributed by atoms with van der Waals surface area (Å²) in [6.45, 7) is 56.8. The van der Waals surface area contributed by atoms with Gasteiger partial charge in [0.25, 0.3) is 0 Å². The van der Waals surface area contributed by atoms with Crippen LogP contribution in [0.15, 0.2) is 146 Å². The van der Waals surface area contributed by atoms with Crippen LogP contribution in [0.1, 0.15) is 211 Å². The summed E-state index contributed by atoms with van der Waals surface area (Å²) in [4.78, 5) is 0. The van der Waals surface area contributed by atoms with Gasteiger partial charge >= 0.3 is 0 Å². The normalized spacial score (nSPS) is 13.9. The van der Waals surface area contributed by atoms with Crippen molar-refractivity contribution in [2.75, 3.05) is 0 Å². The first-order chi connectivity index (χ1) is 40.7. The average molecular weight is 1160 g/mol. The van der Waals surface area contributed by atoms with E-state index in [9.17, 15) is 0 Å². The standard InChI is InChI=1S/C86H96N2/c1-79(2,3)54-36-50(37-55(45-54)80(4,5)6)49-34-35-66-65(44-49)73-74-70-62(51-38-56(81(7,8)9)46-57(39-51)82(10,11)12)28-26-32-68(70)88-69-33-27-30-64(53-42-60(85(19,20)21)48-61(43-53)86(22,23)24)72(69)76(78(74)88)75-71-63(29-25-31-67(71)87(66)77(73)75)52-40-58(83(13,14)15)47-59(41-52)84(16,17)18/h25-48H,1-24H3. The number of hydrogen-bond acceptors (Lipinski definition) is 0. The van der Waals surface area contributed by atoms with Gasteiger partial charge in [0, 0.05) is 43.1 Å². The second-order valence-electron chi connectivity index (χ2n) is 34.9. The van der Waals surface area contributed by atoms with Crippen LogP contribution < -0.4 is 0 Å². The summed E-state index contributed by atoms with van der Waals surface area (Å²) in [5.41, 5.74) is 28.2. The van der Waals surface area contributed by atoms with Gasteiger partial charge in [0.1, 0.15) is 0 Å². The lowest BCUT2D eigenvalue weighted by Crippen LogP contribution is -2.16. The minimum Gasteiger partial charge on any atom is -0.308 e. The molecular formula is C86H96N2. The zero-order chi connectivity index (χ0) is 63.4. The van der Waals surface area contributed by atoms with Crippen molar-refractivity contribution in [2.45, 2.75) is 209 Å². The Morgan fingerprint density at radius 1 is 0.205 bits per heavy atom. The molecule has 0 amide bonds. The SMILES string of the molecule is CC(C)(C)c1cc(-c2ccc3c(c2)c2c4c5c(-c6cc(C(C)(C)C)cc(C(C)(C)C)c6)cccc5n5c6cccc(-c7cc(C(C)(C)C)cc(C(C)(C)C)c7)c6c(c6c7c(-c8cc(C(C)(C)C)cc(C(C)(C)C)c8)cccc7n3c26)c45)cc(C(C)(C)C)c1. The fraction of sp³-hybridized carbons (Fsp3) is 0.372. The van der Waals surface area contributed by atoms with E-state index < -0.39 is 0 Å². The maximum atomic E-state index is 2.71. The molecule has 13 aromatic rings. The third-order valence-corrected chi connectivity index (χ3v) is 19.9. The Balaban J connectivity index is 1.32. The molecule has 2 nitrogen and oxygen atoms in total. The second kappa shape index (κ2) is 19.1. The molecule has 13 rings (SSSR count). The molecule has 0 unspecified atom stereocenters. The van der Waals surface area contributed by atoms with Gasteiger partial charge in [0.2, 0.25) is 0 Å². The van der Waals surface area contributed by atoms with Gasteiger partial charge < -0.3 is 8.80 Å². The van der Waals surface area contributed by atoms with Crippen LogP contribution in [0.5, 0.6) is 0 Å². The van der Waals surface area contributed by atoms with Crippen LogP contribution >= 0.6 is 0 Å². The van der Waals surface area contributed by atoms with Crippen molar-refractivity contribution in [1.29, 1.82) is 0 Å². The molecule has 0 fully saturated rings. The van der Waals surface area contributed by atoms with Gasteiger partial charge in [-0.3, -0.25) is 0 Å². The summed E-state index contributed by atoms with van der Waals surface area (Å²) < 4.78 is 5.41. The maximum absolute atomic E-state index is 2.71. The van der Waals surface area contributed by atoms with Crippen molar-refractivity contribution in [2.24, 2.45) is 0 Å². The Morgan fingerprint density at radius 2 is 0.455 bits per heavy atom. The number of aromatic nitrogens is 2. The quantitative estimate of drug-likeness (QED) is 0.166. The molecular weight excluding hydrogens is 1060 g/mol. The minimum absolute atomic E-state index is 0.0310. The Hall–Kier alpha value is -7.42. The van der Waals surface area contributed by atoms with Gasteiger partial charge in [-0.2, -0.15) is 0 Å². The van der Waals surface area contributed by atoms with E-state index in [1.165, 1.54) is 165 Å². The fourth-order valence-electron chi connectivity index (χ4n) is 14.3. The molecule has 88 heavy (non-hydrogen) atoms. The number of fused-ring (bicyclic) bond motifs is 14. The average Bonchev–Trinajstić information content (AvgIpc) is 1.48. The van der Waals surface area contributed by atoms with Crippen molar-refractivity contribution < 1.29 is 0 Å². The third-order valence-electron chi connectivity index (χ3n) is 19.9. The first kappa shape index (κ1) is 59.5. The van der Waals surface area contributed by atoms with Crippen molar-refractivity contribution in [1.82, 2.24) is 8.80 Å². The number of hydrogen-bond donors (Lipinski definition) is 0. The monoisotopic (exact) mass is 1160 g/mol. The van der Waals surface area contributed by atoms with Crippen LogP contribution in [-0.2, 0) is 43.3 Å². The van der Waals surface area contributed by atoms with E-state index >= 15 is 0 Å². The third kappa shape index (κ3) is 9.46. The molecule has 0 saturated heterocycles. The summed E-state index contributed by atoms with van der Waals surface area (Å²) >= 11 is 0. The van der Waals surface area contributed by atoms with Gasteiger partial charge in [-0.05, 0) is 163 Å². The highest BCUT2D eigenvalue weighted by molar-refractivity contribution is 6.47. The molecule has 0 saturated carbocycles. The molecule has 0 radical (unpaired) electrons. The summed E-state index contributed by atoms with van der Waals surface area (Å²) in [5.74, 6) is 0. The topological polar surface area (TPSA) is 8.82 Å². The van der Waals surface area contributed by atoms with Crippen molar-refractivity contribution >= 4 is 76.2 Å². The highest BCUT2D eigenvalue weighted by Gasteiger charge is 2.34. The minimum atomic E-state index is -0.0627. The Bertz CT molecular complexity index is 4870. The Morgan fingerprint density at radius 3 is 0.739 bits per heavy atom. The van der Waals surface area contributed by atoms with E-state index in [0.29, 0.717) is 0 Å². The van der Waals surface area contributed by atoms with Crippen LogP contribution in [0.25, 0.3) is 121 Å². The van der Waals surface area contributed by atoms with Crippen LogP contribution in [0.2, 0.25) is 0 Å². The van der Waals surface area contributed by atoms with Crippen molar-refractivity contribution in [3.8, 4) is 44.5 Å². The van der Waals surface area contributed by atoms with Gasteiger partial charge in [-0.25, -0.2) is 0 Å².